The number of benzene rings is 4. The van der Waals surface area contributed by atoms with Gasteiger partial charge in [-0.05, 0) is 83.0 Å². The highest BCUT2D eigenvalue weighted by molar-refractivity contribution is 5.87. The molecule has 2 unspecified atom stereocenters. The van der Waals surface area contributed by atoms with Crippen LogP contribution in [0.15, 0.2) is 95.4 Å². The fraction of sp³-hybridized carbons (Fsp3) is 0.360. The minimum absolute atomic E-state index is 0.00701. The molecule has 4 atom stereocenters. The van der Waals surface area contributed by atoms with Crippen molar-refractivity contribution in [3.05, 3.63) is 130 Å². The van der Waals surface area contributed by atoms with E-state index in [4.69, 9.17) is 9.98 Å². The quantitative estimate of drug-likeness (QED) is 0.204. The number of quaternary nitrogens is 2. The molecule has 8 rings (SSSR count). The van der Waals surface area contributed by atoms with E-state index in [1.54, 1.807) is 12.4 Å². The summed E-state index contributed by atoms with van der Waals surface area (Å²) in [5, 5.41) is 28.6. The van der Waals surface area contributed by atoms with Crippen molar-refractivity contribution in [1.82, 2.24) is 0 Å². The number of hydrogen-bond acceptors (Lipinski definition) is 4. The first kappa shape index (κ1) is 39.4. The molecule has 0 amide bonds. The summed E-state index contributed by atoms with van der Waals surface area (Å²) in [7, 11) is 0. The minimum atomic E-state index is -0.160. The maximum absolute atomic E-state index is 14.3. The van der Waals surface area contributed by atoms with Crippen molar-refractivity contribution in [1.29, 1.82) is 0 Å². The van der Waals surface area contributed by atoms with E-state index in [2.05, 4.69) is 151 Å². The lowest BCUT2D eigenvalue weighted by atomic mass is 9.84. The lowest BCUT2D eigenvalue weighted by Gasteiger charge is -2.27. The Morgan fingerprint density at radius 1 is 0.603 bits per heavy atom. The van der Waals surface area contributed by atoms with Crippen molar-refractivity contribution in [2.75, 3.05) is 0 Å². The molecular weight excluding hydrogens is 717 g/mol. The summed E-state index contributed by atoms with van der Waals surface area (Å²) in [6.07, 6.45) is 20.4. The van der Waals surface area contributed by atoms with Crippen LogP contribution in [0.3, 0.4) is 0 Å². The smallest absolute Gasteiger partial charge is 0.340 e. The first-order valence-corrected chi connectivity index (χ1v) is 20.9. The van der Waals surface area contributed by atoms with Crippen molar-refractivity contribution in [3.8, 4) is 22.6 Å². The molecule has 4 aliphatic rings. The largest absolute Gasteiger partial charge is 0.872 e. The third-order valence-corrected chi connectivity index (χ3v) is 12.2. The number of nitrogens with zero attached hydrogens (tertiary/aromatic N) is 4. The van der Waals surface area contributed by atoms with Crippen molar-refractivity contribution in [2.24, 2.45) is 9.98 Å². The van der Waals surface area contributed by atoms with Crippen molar-refractivity contribution in [2.45, 2.75) is 117 Å². The molecule has 1 fully saturated rings. The SMILES string of the molecule is Cc1cccc2c1-c1c(C)cccc1[NH+]1C=C[N+](=C1)Cc1cc(C(C)(C)C)cc(c1[O-])C=N[C@@H]1CCCC[C@H]1N=Cc1cc(C(C)(C)C)cc(c1[O-])C[N+]1=C[NH+]2C=C1. The highest BCUT2D eigenvalue weighted by Gasteiger charge is 2.32. The molecule has 8 nitrogen and oxygen atoms in total. The van der Waals surface area contributed by atoms with Crippen LogP contribution in [0.4, 0.5) is 11.4 Å². The highest BCUT2D eigenvalue weighted by Crippen LogP contribution is 2.37. The summed E-state index contributed by atoms with van der Waals surface area (Å²) >= 11 is 0. The van der Waals surface area contributed by atoms with Gasteiger partial charge >= 0.3 is 12.7 Å². The number of rotatable bonds is 0. The monoisotopic (exact) mass is 774 g/mol. The average molecular weight is 775 g/mol. The van der Waals surface area contributed by atoms with E-state index in [-0.39, 0.29) is 34.4 Å². The maximum Gasteiger partial charge on any atom is 0.340 e. The van der Waals surface area contributed by atoms with Crippen LogP contribution in [0.2, 0.25) is 0 Å². The molecule has 0 spiro atoms. The number of aryl methyl sites for hydroxylation is 2. The standard InChI is InChI=1S/C50H56N6O2/c1-33-13-11-17-43-45(33)46-34(2)14-12-18-44(46)56-22-20-54(32-56)30-38-26-40(50(6,7)8)24-36(48(38)58)28-52-42-16-10-9-15-41(42)51-27-35-23-39(49(3,4)5)25-37(47(35)57)29-53-19-21-55(43)31-53/h11-14,17-28,31-32,41-42H,9-10,15-16,29-30H2,1-8H3/p+2/t41-,42-/m1/s1. The van der Waals surface area contributed by atoms with Crippen LogP contribution in [0, 0.1) is 13.8 Å². The van der Waals surface area contributed by atoms with E-state index < -0.39 is 0 Å². The average Bonchev–Trinajstić information content (AvgIpc) is 3.84. The molecule has 0 aromatic heterocycles. The Morgan fingerprint density at radius 2 is 1.02 bits per heavy atom. The van der Waals surface area contributed by atoms with E-state index in [1.165, 1.54) is 22.3 Å². The summed E-state index contributed by atoms with van der Waals surface area (Å²) in [6.45, 7) is 18.4. The first-order valence-electron chi connectivity index (χ1n) is 20.9. The summed E-state index contributed by atoms with van der Waals surface area (Å²) in [6, 6.07) is 21.1. The molecule has 8 heteroatoms. The third kappa shape index (κ3) is 7.88. The predicted molar refractivity (Wildman–Crippen MR) is 231 cm³/mol. The van der Waals surface area contributed by atoms with Gasteiger partial charge in [-0.15, -0.1) is 9.15 Å². The van der Waals surface area contributed by atoms with Crippen LogP contribution in [-0.2, 0) is 23.9 Å². The Labute approximate surface area is 344 Å². The second kappa shape index (κ2) is 15.4. The van der Waals surface area contributed by atoms with Gasteiger partial charge in [0.25, 0.3) is 0 Å². The fourth-order valence-corrected chi connectivity index (χ4v) is 8.78. The zero-order valence-corrected chi connectivity index (χ0v) is 35.4. The molecule has 4 aromatic carbocycles. The second-order valence-electron chi connectivity index (χ2n) is 18.7. The molecule has 3 aliphatic heterocycles. The van der Waals surface area contributed by atoms with Crippen molar-refractivity contribution >= 4 is 36.5 Å². The Bertz CT molecular complexity index is 2280. The van der Waals surface area contributed by atoms with Gasteiger partial charge in [0.1, 0.15) is 0 Å². The van der Waals surface area contributed by atoms with Crippen LogP contribution in [0.5, 0.6) is 11.5 Å². The Kier molecular flexibility index (Phi) is 10.4. The van der Waals surface area contributed by atoms with Crippen molar-refractivity contribution in [3.63, 3.8) is 0 Å². The number of aliphatic imine (C=N–C) groups is 2. The van der Waals surface area contributed by atoms with Gasteiger partial charge in [-0.1, -0.05) is 102 Å². The summed E-state index contributed by atoms with van der Waals surface area (Å²) < 4.78 is 4.28. The zero-order valence-electron chi connectivity index (χ0n) is 35.4. The van der Waals surface area contributed by atoms with Crippen LogP contribution < -0.4 is 20.0 Å². The molecular formula is C50H58N6O2+2. The topological polar surface area (TPSA) is 85.7 Å². The summed E-state index contributed by atoms with van der Waals surface area (Å²) in [4.78, 5) is 12.4. The molecule has 3 heterocycles. The van der Waals surface area contributed by atoms with Crippen LogP contribution in [-0.4, -0.2) is 46.3 Å². The van der Waals surface area contributed by atoms with Gasteiger partial charge in [0.15, 0.2) is 36.9 Å². The molecule has 298 valence electrons. The zero-order chi connectivity index (χ0) is 40.9. The minimum Gasteiger partial charge on any atom is -0.872 e. The van der Waals surface area contributed by atoms with Crippen LogP contribution in [0.1, 0.15) is 112 Å². The Balaban J connectivity index is 1.31. The van der Waals surface area contributed by atoms with Crippen LogP contribution in [0.25, 0.3) is 11.1 Å². The van der Waals surface area contributed by atoms with E-state index in [1.807, 2.05) is 12.1 Å². The Hall–Kier alpha value is -5.44. The lowest BCUT2D eigenvalue weighted by Crippen LogP contribution is -3.01. The lowest BCUT2D eigenvalue weighted by molar-refractivity contribution is -0.677. The third-order valence-electron chi connectivity index (χ3n) is 12.2. The van der Waals surface area contributed by atoms with Gasteiger partial charge in [-0.3, -0.25) is 9.98 Å². The number of fused-ring (bicyclic) bond motifs is 12. The van der Waals surface area contributed by atoms with Gasteiger partial charge < -0.3 is 10.2 Å². The molecule has 58 heavy (non-hydrogen) atoms. The molecule has 1 aliphatic carbocycles. The highest BCUT2D eigenvalue weighted by atomic mass is 16.3. The molecule has 4 aromatic rings. The Morgan fingerprint density at radius 3 is 1.41 bits per heavy atom. The molecule has 0 saturated heterocycles. The van der Waals surface area contributed by atoms with Gasteiger partial charge in [-0.25, -0.2) is 0 Å². The first-order chi connectivity index (χ1) is 27.6. The van der Waals surface area contributed by atoms with E-state index in [0.29, 0.717) is 24.2 Å². The maximum atomic E-state index is 14.3. The van der Waals surface area contributed by atoms with Crippen LogP contribution >= 0.6 is 0 Å². The van der Waals surface area contributed by atoms with E-state index in [9.17, 15) is 10.2 Å². The van der Waals surface area contributed by atoms with E-state index >= 15 is 0 Å². The molecule has 0 radical (unpaired) electrons. The van der Waals surface area contributed by atoms with Gasteiger partial charge in [0.2, 0.25) is 12.4 Å². The second-order valence-corrected chi connectivity index (χ2v) is 18.7. The predicted octanol–water partition coefficient (Wildman–Crippen LogP) is 6.36. The number of nitrogens with one attached hydrogen (secondary N) is 2. The summed E-state index contributed by atoms with van der Waals surface area (Å²) in [5.41, 5.74) is 11.7. The normalized spacial score (nSPS) is 21.8. The van der Waals surface area contributed by atoms with Crippen molar-refractivity contribution < 1.29 is 29.2 Å². The number of hydrogen-bond donors (Lipinski definition) is 2. The van der Waals surface area contributed by atoms with Gasteiger partial charge in [0, 0.05) is 35.7 Å². The fourth-order valence-electron chi connectivity index (χ4n) is 8.78. The van der Waals surface area contributed by atoms with E-state index in [0.717, 1.165) is 69.1 Å². The van der Waals surface area contributed by atoms with Gasteiger partial charge in [-0.2, -0.15) is 9.80 Å². The molecule has 8 bridgehead atoms. The molecule has 1 saturated carbocycles. The van der Waals surface area contributed by atoms with Gasteiger partial charge in [0.05, 0.1) is 23.2 Å². The summed E-state index contributed by atoms with van der Waals surface area (Å²) in [5.74, 6) is 0.0140. The molecule has 2 N–H and O–H groups in total.